The molecule has 2 aromatic carbocycles. The Morgan fingerprint density at radius 2 is 1.96 bits per heavy atom. The largest absolute Gasteiger partial charge is 0.497 e. The summed E-state index contributed by atoms with van der Waals surface area (Å²) in [7, 11) is 1.60. The van der Waals surface area contributed by atoms with Crippen molar-refractivity contribution in [2.45, 2.75) is 13.0 Å². The Labute approximate surface area is 150 Å². The fraction of sp³-hybridized carbons (Fsp3) is 0.200. The van der Waals surface area contributed by atoms with Crippen LogP contribution in [0.5, 0.6) is 5.75 Å². The molecule has 0 aliphatic carbocycles. The van der Waals surface area contributed by atoms with Crippen molar-refractivity contribution < 1.29 is 14.3 Å². The lowest BCUT2D eigenvalue weighted by atomic mass is 10.1. The quantitative estimate of drug-likeness (QED) is 0.763. The van der Waals surface area contributed by atoms with E-state index in [0.29, 0.717) is 23.5 Å². The Bertz CT molecular complexity index is 1010. The topological polar surface area (TPSA) is 72.4 Å². The molecule has 1 aliphatic rings. The first kappa shape index (κ1) is 16.2. The molecule has 4 rings (SSSR count). The lowest BCUT2D eigenvalue weighted by molar-refractivity contribution is 0.0919. The van der Waals surface area contributed by atoms with Gasteiger partial charge in [-0.25, -0.2) is 0 Å². The van der Waals surface area contributed by atoms with Crippen molar-refractivity contribution in [2.75, 3.05) is 19.0 Å². The van der Waals surface area contributed by atoms with Crippen LogP contribution in [0.3, 0.4) is 0 Å². The zero-order chi connectivity index (χ0) is 18.3. The van der Waals surface area contributed by atoms with Crippen LogP contribution in [-0.4, -0.2) is 30.0 Å². The zero-order valence-electron chi connectivity index (χ0n) is 14.6. The van der Waals surface area contributed by atoms with Gasteiger partial charge in [-0.3, -0.25) is 9.59 Å². The second-order valence-electron chi connectivity index (χ2n) is 6.41. The van der Waals surface area contributed by atoms with Crippen molar-refractivity contribution in [2.24, 2.45) is 0 Å². The molecule has 0 saturated heterocycles. The van der Waals surface area contributed by atoms with E-state index < -0.39 is 0 Å². The van der Waals surface area contributed by atoms with E-state index in [9.17, 15) is 9.59 Å². The number of methoxy groups -OCH3 is 1. The number of anilines is 1. The molecule has 1 aliphatic heterocycles. The molecular weight excluding hydrogens is 330 g/mol. The molecule has 3 aromatic rings. The first-order valence-corrected chi connectivity index (χ1v) is 8.45. The summed E-state index contributed by atoms with van der Waals surface area (Å²) in [5.41, 5.74) is 2.77. The highest BCUT2D eigenvalue weighted by Crippen LogP contribution is 2.27. The summed E-state index contributed by atoms with van der Waals surface area (Å²) in [5, 5.41) is 6.71. The van der Waals surface area contributed by atoms with Crippen LogP contribution < -0.4 is 15.4 Å². The SMILES string of the molecule is COc1ccc(NC(=O)c2ccc3cc4n(c3c2)C(C)CNC4=O)cc1. The van der Waals surface area contributed by atoms with Crippen molar-refractivity contribution >= 4 is 28.4 Å². The minimum Gasteiger partial charge on any atom is -0.497 e. The smallest absolute Gasteiger partial charge is 0.268 e. The Kier molecular flexibility index (Phi) is 3.88. The monoisotopic (exact) mass is 349 g/mol. The Morgan fingerprint density at radius 3 is 2.69 bits per heavy atom. The zero-order valence-corrected chi connectivity index (χ0v) is 14.6. The molecule has 26 heavy (non-hydrogen) atoms. The number of carbonyl (C=O) groups excluding carboxylic acids is 2. The molecule has 2 amide bonds. The summed E-state index contributed by atoms with van der Waals surface area (Å²) >= 11 is 0. The number of hydrogen-bond acceptors (Lipinski definition) is 3. The van der Waals surface area contributed by atoms with Crippen LogP contribution in [0.25, 0.3) is 10.9 Å². The number of amides is 2. The standard InChI is InChI=1S/C20H19N3O3/c1-12-11-21-20(25)18-9-13-3-4-14(10-17(13)23(12)18)19(24)22-15-5-7-16(26-2)8-6-15/h3-10,12H,11H2,1-2H3,(H,21,25)(H,22,24). The van der Waals surface area contributed by atoms with Crippen LogP contribution in [0, 0.1) is 0 Å². The fourth-order valence-corrected chi connectivity index (χ4v) is 3.31. The average Bonchev–Trinajstić information content (AvgIpc) is 3.05. The van der Waals surface area contributed by atoms with Gasteiger partial charge in [-0.05, 0) is 49.4 Å². The maximum atomic E-state index is 12.6. The molecule has 1 atom stereocenters. The summed E-state index contributed by atoms with van der Waals surface area (Å²) in [6.07, 6.45) is 0. The van der Waals surface area contributed by atoms with Crippen LogP contribution in [0.2, 0.25) is 0 Å². The highest BCUT2D eigenvalue weighted by Gasteiger charge is 2.24. The highest BCUT2D eigenvalue weighted by atomic mass is 16.5. The van der Waals surface area contributed by atoms with Gasteiger partial charge >= 0.3 is 0 Å². The van der Waals surface area contributed by atoms with Crippen LogP contribution in [-0.2, 0) is 0 Å². The van der Waals surface area contributed by atoms with E-state index in [1.165, 1.54) is 0 Å². The third-order valence-corrected chi connectivity index (χ3v) is 4.68. The van der Waals surface area contributed by atoms with Gasteiger partial charge in [-0.1, -0.05) is 6.07 Å². The van der Waals surface area contributed by atoms with E-state index in [4.69, 9.17) is 4.74 Å². The number of ether oxygens (including phenoxy) is 1. The second-order valence-corrected chi connectivity index (χ2v) is 6.41. The van der Waals surface area contributed by atoms with Gasteiger partial charge in [0.1, 0.15) is 11.4 Å². The Hall–Kier alpha value is -3.28. The molecule has 6 heteroatoms. The summed E-state index contributed by atoms with van der Waals surface area (Å²) in [6.45, 7) is 2.63. The average molecular weight is 349 g/mol. The first-order valence-electron chi connectivity index (χ1n) is 8.45. The minimum atomic E-state index is -0.194. The maximum Gasteiger partial charge on any atom is 0.268 e. The van der Waals surface area contributed by atoms with Crippen LogP contribution in [0.15, 0.2) is 48.5 Å². The predicted molar refractivity (Wildman–Crippen MR) is 99.9 cm³/mol. The fourth-order valence-electron chi connectivity index (χ4n) is 3.31. The summed E-state index contributed by atoms with van der Waals surface area (Å²) in [4.78, 5) is 24.7. The number of fused-ring (bicyclic) bond motifs is 3. The molecule has 6 nitrogen and oxygen atoms in total. The third kappa shape index (κ3) is 2.69. The van der Waals surface area contributed by atoms with Crippen molar-refractivity contribution in [1.82, 2.24) is 9.88 Å². The molecule has 2 heterocycles. The number of rotatable bonds is 3. The van der Waals surface area contributed by atoms with Gasteiger partial charge < -0.3 is 19.9 Å². The van der Waals surface area contributed by atoms with Gasteiger partial charge in [-0.2, -0.15) is 0 Å². The molecular formula is C20H19N3O3. The van der Waals surface area contributed by atoms with E-state index >= 15 is 0 Å². The van der Waals surface area contributed by atoms with E-state index in [1.807, 2.05) is 29.7 Å². The third-order valence-electron chi connectivity index (χ3n) is 4.68. The van der Waals surface area contributed by atoms with Gasteiger partial charge in [0, 0.05) is 34.7 Å². The summed E-state index contributed by atoms with van der Waals surface area (Å²) in [6, 6.07) is 14.7. The molecule has 1 aromatic heterocycles. The summed E-state index contributed by atoms with van der Waals surface area (Å²) < 4.78 is 7.12. The number of benzene rings is 2. The lowest BCUT2D eigenvalue weighted by Crippen LogP contribution is -2.37. The number of nitrogens with one attached hydrogen (secondary N) is 2. The van der Waals surface area contributed by atoms with Crippen LogP contribution >= 0.6 is 0 Å². The Morgan fingerprint density at radius 1 is 1.19 bits per heavy atom. The summed E-state index contributed by atoms with van der Waals surface area (Å²) in [5.74, 6) is 0.459. The van der Waals surface area contributed by atoms with Gasteiger partial charge in [0.15, 0.2) is 0 Å². The van der Waals surface area contributed by atoms with Crippen molar-refractivity contribution in [3.8, 4) is 5.75 Å². The molecule has 0 radical (unpaired) electrons. The molecule has 0 bridgehead atoms. The van der Waals surface area contributed by atoms with E-state index in [0.717, 1.165) is 16.7 Å². The molecule has 2 N–H and O–H groups in total. The van der Waals surface area contributed by atoms with Crippen molar-refractivity contribution in [1.29, 1.82) is 0 Å². The molecule has 0 fully saturated rings. The van der Waals surface area contributed by atoms with Crippen molar-refractivity contribution in [3.63, 3.8) is 0 Å². The first-order chi connectivity index (χ1) is 12.6. The Balaban J connectivity index is 1.67. The minimum absolute atomic E-state index is 0.0801. The number of nitrogens with zero attached hydrogens (tertiary/aromatic N) is 1. The van der Waals surface area contributed by atoms with E-state index in [-0.39, 0.29) is 17.9 Å². The highest BCUT2D eigenvalue weighted by molar-refractivity contribution is 6.07. The molecule has 1 unspecified atom stereocenters. The second kappa shape index (κ2) is 6.22. The van der Waals surface area contributed by atoms with Crippen LogP contribution in [0.1, 0.15) is 33.8 Å². The molecule has 0 saturated carbocycles. The lowest BCUT2D eigenvalue weighted by Gasteiger charge is -2.24. The number of carbonyl (C=O) groups is 2. The predicted octanol–water partition coefficient (Wildman–Crippen LogP) is 3.21. The van der Waals surface area contributed by atoms with Gasteiger partial charge in [0.05, 0.1) is 7.11 Å². The van der Waals surface area contributed by atoms with Gasteiger partial charge in [-0.15, -0.1) is 0 Å². The van der Waals surface area contributed by atoms with Gasteiger partial charge in [0.25, 0.3) is 11.8 Å². The van der Waals surface area contributed by atoms with Crippen LogP contribution in [0.4, 0.5) is 5.69 Å². The molecule has 132 valence electrons. The van der Waals surface area contributed by atoms with Gasteiger partial charge in [0.2, 0.25) is 0 Å². The molecule has 0 spiro atoms. The van der Waals surface area contributed by atoms with Crippen molar-refractivity contribution in [3.05, 3.63) is 59.8 Å². The number of hydrogen-bond donors (Lipinski definition) is 2. The van der Waals surface area contributed by atoms with E-state index in [1.54, 1.807) is 37.4 Å². The maximum absolute atomic E-state index is 12.6. The number of aromatic nitrogens is 1. The normalized spacial score (nSPS) is 16.1. The van der Waals surface area contributed by atoms with E-state index in [2.05, 4.69) is 10.6 Å².